The zero-order chi connectivity index (χ0) is 16.9. The molecule has 0 spiro atoms. The van der Waals surface area contributed by atoms with E-state index in [2.05, 4.69) is 41.3 Å². The van der Waals surface area contributed by atoms with Crippen molar-refractivity contribution in [2.24, 2.45) is 5.73 Å². The molecule has 2 N–H and O–H groups in total. The minimum atomic E-state index is 0.183. The van der Waals surface area contributed by atoms with Gasteiger partial charge >= 0.3 is 0 Å². The van der Waals surface area contributed by atoms with E-state index in [9.17, 15) is 0 Å². The molecule has 0 bridgehead atoms. The number of nitrogens with zero attached hydrogens (tertiary/aromatic N) is 1. The molecule has 1 atom stereocenters. The molecule has 2 aromatic carbocycles. The second kappa shape index (κ2) is 7.69. The van der Waals surface area contributed by atoms with E-state index in [-0.39, 0.29) is 6.04 Å². The lowest BCUT2D eigenvalue weighted by Gasteiger charge is -2.35. The fourth-order valence-electron chi connectivity index (χ4n) is 3.45. The fraction of sp³-hybridized carbons (Fsp3) is 0.400. The van der Waals surface area contributed by atoms with Crippen LogP contribution in [0.15, 0.2) is 42.5 Å². The maximum absolute atomic E-state index is 6.13. The zero-order valence-corrected chi connectivity index (χ0v) is 14.5. The normalized spacial score (nSPS) is 15.6. The highest BCUT2D eigenvalue weighted by Gasteiger charge is 2.24. The van der Waals surface area contributed by atoms with Crippen LogP contribution in [-0.2, 0) is 13.0 Å². The van der Waals surface area contributed by atoms with E-state index in [0.717, 1.165) is 31.0 Å². The molecule has 0 aliphatic carbocycles. The molecule has 2 aromatic rings. The number of nitrogens with two attached hydrogens (primary N) is 1. The van der Waals surface area contributed by atoms with Crippen molar-refractivity contribution >= 4 is 0 Å². The molecular formula is C20H26N2O2. The highest BCUT2D eigenvalue weighted by molar-refractivity contribution is 5.44. The maximum Gasteiger partial charge on any atom is 0.161 e. The van der Waals surface area contributed by atoms with Gasteiger partial charge in [0.15, 0.2) is 11.5 Å². The summed E-state index contributed by atoms with van der Waals surface area (Å²) >= 11 is 0. The Morgan fingerprint density at radius 2 is 1.92 bits per heavy atom. The summed E-state index contributed by atoms with van der Waals surface area (Å²) in [5, 5.41) is 0. The van der Waals surface area contributed by atoms with E-state index < -0.39 is 0 Å². The van der Waals surface area contributed by atoms with Gasteiger partial charge < -0.3 is 15.2 Å². The smallest absolute Gasteiger partial charge is 0.161 e. The number of hydrogen-bond acceptors (Lipinski definition) is 4. The predicted octanol–water partition coefficient (Wildman–Crippen LogP) is 3.15. The Labute approximate surface area is 144 Å². The van der Waals surface area contributed by atoms with Gasteiger partial charge in [-0.2, -0.15) is 0 Å². The van der Waals surface area contributed by atoms with Gasteiger partial charge in [-0.05, 0) is 42.2 Å². The van der Waals surface area contributed by atoms with Gasteiger partial charge in [-0.15, -0.1) is 0 Å². The first-order chi connectivity index (χ1) is 11.8. The van der Waals surface area contributed by atoms with Gasteiger partial charge in [0.1, 0.15) is 0 Å². The summed E-state index contributed by atoms with van der Waals surface area (Å²) in [6.07, 6.45) is 1.07. The Kier molecular flexibility index (Phi) is 5.38. The standard InChI is InChI=1S/C20H26N2O2/c1-3-24-19-9-8-16(12-20(19)23-2)18(13-21)22-11-10-15-6-4-5-7-17(15)14-22/h4-9,12,18H,3,10-11,13-14,21H2,1-2H3. The van der Waals surface area contributed by atoms with E-state index in [1.54, 1.807) is 7.11 Å². The quantitative estimate of drug-likeness (QED) is 0.886. The van der Waals surface area contributed by atoms with Crippen LogP contribution in [0.2, 0.25) is 0 Å². The van der Waals surface area contributed by atoms with Crippen molar-refractivity contribution in [1.29, 1.82) is 0 Å². The molecule has 128 valence electrons. The number of benzene rings is 2. The highest BCUT2D eigenvalue weighted by atomic mass is 16.5. The lowest BCUT2D eigenvalue weighted by atomic mass is 9.96. The van der Waals surface area contributed by atoms with Crippen LogP contribution >= 0.6 is 0 Å². The van der Waals surface area contributed by atoms with Crippen LogP contribution in [0.1, 0.15) is 29.7 Å². The van der Waals surface area contributed by atoms with E-state index >= 15 is 0 Å². The second-order valence-electron chi connectivity index (χ2n) is 6.08. The molecular weight excluding hydrogens is 300 g/mol. The van der Waals surface area contributed by atoms with Crippen molar-refractivity contribution in [2.45, 2.75) is 25.9 Å². The van der Waals surface area contributed by atoms with E-state index in [1.165, 1.54) is 16.7 Å². The Bertz CT molecular complexity index is 687. The molecule has 0 saturated heterocycles. The molecule has 0 aromatic heterocycles. The molecule has 0 radical (unpaired) electrons. The van der Waals surface area contributed by atoms with Gasteiger partial charge in [0.05, 0.1) is 13.7 Å². The summed E-state index contributed by atoms with van der Waals surface area (Å²) in [4.78, 5) is 2.46. The summed E-state index contributed by atoms with van der Waals surface area (Å²) in [5.74, 6) is 1.55. The molecule has 0 saturated carbocycles. The van der Waals surface area contributed by atoms with Crippen LogP contribution in [-0.4, -0.2) is 31.7 Å². The number of ether oxygens (including phenoxy) is 2. The van der Waals surface area contributed by atoms with Crippen molar-refractivity contribution < 1.29 is 9.47 Å². The summed E-state index contributed by atoms with van der Waals surface area (Å²) < 4.78 is 11.1. The van der Waals surface area contributed by atoms with E-state index in [4.69, 9.17) is 15.2 Å². The third-order valence-corrected chi connectivity index (χ3v) is 4.70. The number of fused-ring (bicyclic) bond motifs is 1. The van der Waals surface area contributed by atoms with Gasteiger partial charge in [-0.25, -0.2) is 0 Å². The molecule has 1 unspecified atom stereocenters. The van der Waals surface area contributed by atoms with Crippen LogP contribution in [0.25, 0.3) is 0 Å². The minimum Gasteiger partial charge on any atom is -0.493 e. The molecule has 1 heterocycles. The van der Waals surface area contributed by atoms with Gasteiger partial charge in [-0.3, -0.25) is 4.90 Å². The first-order valence-electron chi connectivity index (χ1n) is 8.58. The molecule has 4 nitrogen and oxygen atoms in total. The van der Waals surface area contributed by atoms with E-state index in [1.807, 2.05) is 13.0 Å². The summed E-state index contributed by atoms with van der Waals surface area (Å²) in [7, 11) is 1.68. The molecule has 4 heteroatoms. The zero-order valence-electron chi connectivity index (χ0n) is 14.5. The number of hydrogen-bond donors (Lipinski definition) is 1. The Hall–Kier alpha value is -2.04. The molecule has 0 amide bonds. The summed E-state index contributed by atoms with van der Waals surface area (Å²) in [6, 6.07) is 15.0. The number of rotatable bonds is 6. The average molecular weight is 326 g/mol. The third kappa shape index (κ3) is 3.40. The average Bonchev–Trinajstić information content (AvgIpc) is 2.63. The molecule has 1 aliphatic heterocycles. The molecule has 1 aliphatic rings. The van der Waals surface area contributed by atoms with Crippen LogP contribution < -0.4 is 15.2 Å². The van der Waals surface area contributed by atoms with E-state index in [0.29, 0.717) is 13.2 Å². The predicted molar refractivity (Wildman–Crippen MR) is 96.5 cm³/mol. The largest absolute Gasteiger partial charge is 0.493 e. The van der Waals surface area contributed by atoms with Gasteiger partial charge in [0.2, 0.25) is 0 Å². The van der Waals surface area contributed by atoms with Crippen molar-refractivity contribution in [2.75, 3.05) is 26.8 Å². The Balaban J connectivity index is 1.84. The first kappa shape index (κ1) is 16.8. The topological polar surface area (TPSA) is 47.7 Å². The fourth-order valence-corrected chi connectivity index (χ4v) is 3.45. The second-order valence-corrected chi connectivity index (χ2v) is 6.08. The van der Waals surface area contributed by atoms with Gasteiger partial charge in [0, 0.05) is 25.7 Å². The number of methoxy groups -OCH3 is 1. The van der Waals surface area contributed by atoms with Crippen LogP contribution in [0.4, 0.5) is 0 Å². The Morgan fingerprint density at radius 3 is 2.62 bits per heavy atom. The third-order valence-electron chi connectivity index (χ3n) is 4.70. The van der Waals surface area contributed by atoms with Crippen molar-refractivity contribution in [3.05, 3.63) is 59.2 Å². The monoisotopic (exact) mass is 326 g/mol. The van der Waals surface area contributed by atoms with Crippen LogP contribution in [0.5, 0.6) is 11.5 Å². The highest BCUT2D eigenvalue weighted by Crippen LogP contribution is 2.33. The summed E-state index contributed by atoms with van der Waals surface area (Å²) in [5.41, 5.74) is 10.2. The SMILES string of the molecule is CCOc1ccc(C(CN)N2CCc3ccccc3C2)cc1OC. The molecule has 0 fully saturated rings. The molecule has 3 rings (SSSR count). The van der Waals surface area contributed by atoms with Crippen LogP contribution in [0, 0.1) is 0 Å². The Morgan fingerprint density at radius 1 is 1.12 bits per heavy atom. The maximum atomic E-state index is 6.13. The van der Waals surface area contributed by atoms with Gasteiger partial charge in [-0.1, -0.05) is 30.3 Å². The molecule has 24 heavy (non-hydrogen) atoms. The first-order valence-corrected chi connectivity index (χ1v) is 8.58. The lowest BCUT2D eigenvalue weighted by Crippen LogP contribution is -2.37. The van der Waals surface area contributed by atoms with Crippen molar-refractivity contribution in [1.82, 2.24) is 4.90 Å². The van der Waals surface area contributed by atoms with Crippen LogP contribution in [0.3, 0.4) is 0 Å². The summed E-state index contributed by atoms with van der Waals surface area (Å²) in [6.45, 7) is 5.14. The lowest BCUT2D eigenvalue weighted by molar-refractivity contribution is 0.183. The van der Waals surface area contributed by atoms with Crippen molar-refractivity contribution in [3.8, 4) is 11.5 Å². The minimum absolute atomic E-state index is 0.183. The van der Waals surface area contributed by atoms with Crippen molar-refractivity contribution in [3.63, 3.8) is 0 Å². The van der Waals surface area contributed by atoms with Gasteiger partial charge in [0.25, 0.3) is 0 Å².